The molecule has 0 saturated carbocycles. The number of rotatable bonds is 29. The summed E-state index contributed by atoms with van der Waals surface area (Å²) in [6.07, 6.45) is 3.04. The lowest BCUT2D eigenvalue weighted by atomic mass is 9.84. The molecule has 2 aliphatic heterocycles. The second kappa shape index (κ2) is 30.3. The lowest BCUT2D eigenvalue weighted by molar-refractivity contribution is -0.145. The number of nitrogens with zero attached hydrogens (tertiary/aromatic N) is 5. The maximum Gasteiger partial charge on any atom is 0.407 e. The predicted octanol–water partition coefficient (Wildman–Crippen LogP) is 5.10. The molecule has 1 aromatic heterocycles. The molecule has 3 heterocycles. The van der Waals surface area contributed by atoms with Gasteiger partial charge in [-0.25, -0.2) is 32.4 Å². The van der Waals surface area contributed by atoms with Crippen molar-refractivity contribution in [2.24, 2.45) is 23.0 Å². The third kappa shape index (κ3) is 19.2. The number of nitrogens with one attached hydrogen (secondary N) is 5. The van der Waals surface area contributed by atoms with Gasteiger partial charge in [-0.05, 0) is 105 Å². The number of benzene rings is 2. The molecule has 2 aromatic carbocycles. The van der Waals surface area contributed by atoms with Crippen LogP contribution in [0.4, 0.5) is 28.4 Å². The number of halogens is 3. The Bertz CT molecular complexity index is 2640. The molecule has 2 aliphatic rings. The number of carbonyl (C=O) groups is 8. The molecule has 1 saturated heterocycles. The molecule has 0 radical (unpaired) electrons. The van der Waals surface area contributed by atoms with E-state index in [1.165, 1.54) is 36.1 Å². The molecule has 1 fully saturated rings. The molecule has 25 heteroatoms. The minimum atomic E-state index is -1.51. The number of carbonyl (C=O) groups excluding carboxylic acids is 8. The first-order valence-corrected chi connectivity index (χ1v) is 27.0. The Morgan fingerprint density at radius 2 is 1.59 bits per heavy atom. The normalized spacial score (nSPS) is 15.7. The van der Waals surface area contributed by atoms with Crippen molar-refractivity contribution in [3.8, 4) is 11.4 Å². The van der Waals surface area contributed by atoms with Gasteiger partial charge in [0.1, 0.15) is 43.1 Å². The molecule has 8 N–H and O–H groups in total. The number of imide groups is 1. The number of aliphatic hydroxyl groups excluding tert-OH is 1. The van der Waals surface area contributed by atoms with Crippen LogP contribution < -0.4 is 32.3 Å². The van der Waals surface area contributed by atoms with Crippen LogP contribution in [0.15, 0.2) is 54.6 Å². The number of anilines is 1. The molecule has 5 rings (SSSR count). The summed E-state index contributed by atoms with van der Waals surface area (Å²) in [5.74, 6) is -4.76. The van der Waals surface area contributed by atoms with Gasteiger partial charge in [-0.15, -0.1) is 0 Å². The van der Waals surface area contributed by atoms with Crippen LogP contribution in [0.1, 0.15) is 117 Å². The van der Waals surface area contributed by atoms with Gasteiger partial charge in [-0.2, -0.15) is 5.10 Å². The topological polar surface area (TPSA) is 299 Å². The lowest BCUT2D eigenvalue weighted by Gasteiger charge is -2.41. The summed E-state index contributed by atoms with van der Waals surface area (Å²) in [6.45, 7) is 10.4. The number of urea groups is 1. The predicted molar refractivity (Wildman–Crippen MR) is 287 cm³/mol. The van der Waals surface area contributed by atoms with Gasteiger partial charge in [-0.3, -0.25) is 33.7 Å². The number of unbranched alkanes of at least 4 members (excludes halogenated alkanes) is 2. The molecule has 22 nitrogen and oxygen atoms in total. The number of primary amides is 1. The summed E-state index contributed by atoms with van der Waals surface area (Å²) >= 11 is 0. The van der Waals surface area contributed by atoms with Gasteiger partial charge in [0.25, 0.3) is 17.7 Å². The van der Waals surface area contributed by atoms with Crippen molar-refractivity contribution in [2.75, 3.05) is 44.8 Å². The first kappa shape index (κ1) is 63.4. The van der Waals surface area contributed by atoms with Crippen LogP contribution in [0.3, 0.4) is 0 Å². The van der Waals surface area contributed by atoms with E-state index in [9.17, 15) is 52.2 Å². The number of aliphatic hydroxyl groups is 1. The second-order valence-electron chi connectivity index (χ2n) is 21.4. The van der Waals surface area contributed by atoms with E-state index < -0.39 is 89.7 Å². The van der Waals surface area contributed by atoms with Crippen molar-refractivity contribution in [1.82, 2.24) is 45.8 Å². The van der Waals surface area contributed by atoms with E-state index in [0.29, 0.717) is 63.1 Å². The highest BCUT2D eigenvalue weighted by atomic mass is 19.1. The third-order valence-corrected chi connectivity index (χ3v) is 13.5. The molecule has 0 unspecified atom stereocenters. The number of ether oxygens (including phenoxy) is 2. The van der Waals surface area contributed by atoms with Crippen LogP contribution in [-0.4, -0.2) is 141 Å². The Morgan fingerprint density at radius 1 is 0.900 bits per heavy atom. The number of alkyl halides is 1. The van der Waals surface area contributed by atoms with E-state index in [0.717, 1.165) is 23.1 Å². The highest BCUT2D eigenvalue weighted by Gasteiger charge is 2.41. The van der Waals surface area contributed by atoms with Crippen molar-refractivity contribution in [3.05, 3.63) is 77.6 Å². The summed E-state index contributed by atoms with van der Waals surface area (Å²) in [5, 5.41) is 28.5. The molecule has 5 atom stereocenters. The van der Waals surface area contributed by atoms with Crippen molar-refractivity contribution in [1.29, 1.82) is 0 Å². The number of aromatic nitrogens is 3. The molecule has 0 aliphatic carbocycles. The van der Waals surface area contributed by atoms with Gasteiger partial charge in [0, 0.05) is 63.7 Å². The average Bonchev–Trinajstić information content (AvgIpc) is 4.03. The molecule has 9 amide bonds. The Hall–Kier alpha value is -7.41. The summed E-state index contributed by atoms with van der Waals surface area (Å²) in [4.78, 5) is 109. The van der Waals surface area contributed by atoms with Crippen LogP contribution in [0.2, 0.25) is 0 Å². The Labute approximate surface area is 463 Å². The van der Waals surface area contributed by atoms with Crippen LogP contribution in [0.25, 0.3) is 11.4 Å². The Kier molecular flexibility index (Phi) is 24.0. The lowest BCUT2D eigenvalue weighted by Crippen LogP contribution is -2.54. The molecule has 0 bridgehead atoms. The number of alkyl carbamates (subject to hydrolysis) is 1. The minimum absolute atomic E-state index is 0.0715. The van der Waals surface area contributed by atoms with Crippen molar-refractivity contribution in [3.63, 3.8) is 0 Å². The average molecular weight is 1120 g/mol. The summed E-state index contributed by atoms with van der Waals surface area (Å²) in [5.41, 5.74) is 4.97. The van der Waals surface area contributed by atoms with Gasteiger partial charge in [-0.1, -0.05) is 53.2 Å². The Morgan fingerprint density at radius 3 is 2.21 bits per heavy atom. The van der Waals surface area contributed by atoms with Crippen molar-refractivity contribution < 1.29 is 66.1 Å². The fourth-order valence-corrected chi connectivity index (χ4v) is 9.21. The molecule has 0 spiro atoms. The van der Waals surface area contributed by atoms with Crippen LogP contribution in [0, 0.1) is 28.9 Å². The highest BCUT2D eigenvalue weighted by molar-refractivity contribution is 6.12. The quantitative estimate of drug-likeness (QED) is 0.0352. The minimum Gasteiger partial charge on any atom is -0.445 e. The molecular weight excluding hydrogens is 1050 g/mol. The summed E-state index contributed by atoms with van der Waals surface area (Å²) < 4.78 is 56.9. The van der Waals surface area contributed by atoms with Gasteiger partial charge in [0.2, 0.25) is 17.7 Å². The van der Waals surface area contributed by atoms with Crippen LogP contribution >= 0.6 is 0 Å². The van der Waals surface area contributed by atoms with E-state index in [1.54, 1.807) is 30.7 Å². The fourth-order valence-electron chi connectivity index (χ4n) is 9.21. The zero-order valence-electron chi connectivity index (χ0n) is 46.2. The zero-order chi connectivity index (χ0) is 58.7. The highest BCUT2D eigenvalue weighted by Crippen LogP contribution is 2.40. The standard InChI is InChI=1S/C55H76F3N11O11/c1-33(2)46(64-43(71)12-8-7-9-25-67-44(72)19-20-45(67)73)51(75)63-42(11-10-24-60-53(59)77)50(74)61-38-16-13-36(14-17-38)32-80-54(78)62-39(30-56)21-26-68(52(76)34(3)70)47(55(4,5)6)49-65-48(40-29-37(57)15-18-41(40)58)66-69(49)31-35-22-27-79-28-23-35/h13-20,29,33-35,39,42,46-47,70H,7-12,21-28,30-32H2,1-6H3,(H,61,74)(H,62,78)(H,63,75)(H,64,71)(H3,59,60,77)/t34-,39-,42-,46-,47-/m0/s1. The molecule has 80 heavy (non-hydrogen) atoms. The second-order valence-corrected chi connectivity index (χ2v) is 21.4. The van der Waals surface area contributed by atoms with Gasteiger partial charge < -0.3 is 51.8 Å². The van der Waals surface area contributed by atoms with Gasteiger partial charge in [0.15, 0.2) is 11.6 Å². The van der Waals surface area contributed by atoms with E-state index >= 15 is 4.39 Å². The van der Waals surface area contributed by atoms with E-state index in [2.05, 4.69) is 31.7 Å². The summed E-state index contributed by atoms with van der Waals surface area (Å²) in [6, 6.07) is 4.10. The molecule has 438 valence electrons. The number of hydrogen-bond donors (Lipinski definition) is 7. The van der Waals surface area contributed by atoms with E-state index in [-0.39, 0.29) is 92.8 Å². The monoisotopic (exact) mass is 1120 g/mol. The number of nitrogens with two attached hydrogens (primary N) is 1. The van der Waals surface area contributed by atoms with Crippen LogP contribution in [0.5, 0.6) is 0 Å². The number of amides is 9. The van der Waals surface area contributed by atoms with Crippen LogP contribution in [-0.2, 0) is 51.4 Å². The largest absolute Gasteiger partial charge is 0.445 e. The first-order valence-electron chi connectivity index (χ1n) is 27.0. The zero-order valence-corrected chi connectivity index (χ0v) is 46.2. The van der Waals surface area contributed by atoms with Crippen molar-refractivity contribution >= 4 is 53.3 Å². The van der Waals surface area contributed by atoms with Gasteiger partial charge in [0.05, 0.1) is 17.6 Å². The first-order chi connectivity index (χ1) is 37.9. The van der Waals surface area contributed by atoms with Gasteiger partial charge >= 0.3 is 12.1 Å². The van der Waals surface area contributed by atoms with Crippen molar-refractivity contribution in [2.45, 2.75) is 143 Å². The Balaban J connectivity index is 1.19. The molecular formula is C55H76F3N11O11. The smallest absolute Gasteiger partial charge is 0.407 e. The maximum atomic E-state index is 15.2. The molecule has 3 aromatic rings. The maximum absolute atomic E-state index is 15.2. The van der Waals surface area contributed by atoms with E-state index in [4.69, 9.17) is 20.2 Å². The fraction of sp³-hybridized carbons (Fsp3) is 0.564. The van der Waals surface area contributed by atoms with E-state index in [1.807, 2.05) is 20.8 Å². The summed E-state index contributed by atoms with van der Waals surface area (Å²) in [7, 11) is 0. The third-order valence-electron chi connectivity index (χ3n) is 13.5. The number of hydrogen-bond acceptors (Lipinski definition) is 13. The SMILES string of the molecule is CC(C)[C@H](NC(=O)CCCCCN1C(=O)C=CC1=O)C(=O)N[C@@H](CCCNC(N)=O)C(=O)Nc1ccc(COC(=O)N[C@H](CF)CCN(C(=O)[C@H](C)O)[C@@H](c2nc(-c3cc(F)ccc3F)nn2CC2CCOCC2)C(C)(C)C)cc1.